The highest BCUT2D eigenvalue weighted by Crippen LogP contribution is 2.26. The van der Waals surface area contributed by atoms with Crippen molar-refractivity contribution in [3.63, 3.8) is 0 Å². The Morgan fingerprint density at radius 2 is 1.46 bits per heavy atom. The monoisotopic (exact) mass is 572 g/mol. The van der Waals surface area contributed by atoms with Crippen molar-refractivity contribution in [2.24, 2.45) is 10.1 Å². The van der Waals surface area contributed by atoms with Crippen LogP contribution in [0.1, 0.15) is 12.5 Å². The zero-order valence-corrected chi connectivity index (χ0v) is 22.5. The normalized spacial score (nSPS) is 11.5. The molecule has 0 aliphatic rings. The summed E-state index contributed by atoms with van der Waals surface area (Å²) in [5, 5.41) is 6.66. The van der Waals surface area contributed by atoms with Gasteiger partial charge in [0.05, 0.1) is 24.2 Å². The van der Waals surface area contributed by atoms with Crippen LogP contribution in [0.2, 0.25) is 0 Å². The van der Waals surface area contributed by atoms with Crippen LogP contribution in [0.3, 0.4) is 0 Å². The molecule has 0 bridgehead atoms. The van der Waals surface area contributed by atoms with Crippen LogP contribution in [0.25, 0.3) is 22.4 Å². The van der Waals surface area contributed by atoms with Crippen LogP contribution in [0, 0.1) is 5.82 Å². The molecule has 0 spiro atoms. The average molecular weight is 574 g/mol. The van der Waals surface area contributed by atoms with Gasteiger partial charge in [-0.3, -0.25) is 0 Å². The van der Waals surface area contributed by atoms with Gasteiger partial charge < -0.3 is 21.7 Å². The summed E-state index contributed by atoms with van der Waals surface area (Å²) < 4.78 is 21.6. The molecule has 0 saturated heterocycles. The van der Waals surface area contributed by atoms with E-state index in [9.17, 15) is 4.39 Å². The first-order valence-corrected chi connectivity index (χ1v) is 12.5. The Morgan fingerprint density at radius 3 is 2.16 bits per heavy atom. The number of rotatable bonds is 7. The number of nitrogens with zero attached hydrogens (tertiary/aromatic N) is 3. The highest BCUT2D eigenvalue weighted by atomic mass is 79.9. The second-order valence-electron chi connectivity index (χ2n) is 7.96. The maximum atomic E-state index is 14.3. The number of aromatic nitrogens is 1. The Labute approximate surface area is 229 Å². The Hall–Kier alpha value is -3.81. The lowest BCUT2D eigenvalue weighted by atomic mass is 10.0. The summed E-state index contributed by atoms with van der Waals surface area (Å²) >= 11 is 1.48. The summed E-state index contributed by atoms with van der Waals surface area (Å²) in [7, 11) is 0. The van der Waals surface area contributed by atoms with Crippen LogP contribution in [0.5, 0.6) is 5.75 Å². The maximum Gasteiger partial charge on any atom is 0.211 e. The van der Waals surface area contributed by atoms with Gasteiger partial charge in [0.1, 0.15) is 11.6 Å². The van der Waals surface area contributed by atoms with Crippen LogP contribution < -0.4 is 26.5 Å². The summed E-state index contributed by atoms with van der Waals surface area (Å²) in [5.74, 6) is 0.475. The summed E-state index contributed by atoms with van der Waals surface area (Å²) in [6.45, 7) is 2.56. The third-order valence-electron chi connectivity index (χ3n) is 5.56. The molecule has 0 N–H and O–H groups in total. The number of hydrogen-bond donors (Lipinski definition) is 0. The van der Waals surface area contributed by atoms with E-state index in [4.69, 9.17) is 9.73 Å². The molecule has 0 aliphatic carbocycles. The van der Waals surface area contributed by atoms with Gasteiger partial charge in [0.25, 0.3) is 0 Å². The molecule has 7 heteroatoms. The van der Waals surface area contributed by atoms with E-state index in [1.54, 1.807) is 22.9 Å². The van der Waals surface area contributed by atoms with E-state index in [0.29, 0.717) is 17.0 Å². The fourth-order valence-electron chi connectivity index (χ4n) is 3.74. The number of halogens is 2. The predicted molar refractivity (Wildman–Crippen MR) is 145 cm³/mol. The van der Waals surface area contributed by atoms with Crippen LogP contribution in [-0.4, -0.2) is 17.5 Å². The van der Waals surface area contributed by atoms with Gasteiger partial charge in [-0.1, -0.05) is 72.8 Å². The molecular formula is C30H24BrFN3OS-. The van der Waals surface area contributed by atoms with E-state index in [-0.39, 0.29) is 22.8 Å². The lowest BCUT2D eigenvalue weighted by Crippen LogP contribution is -3.00. The van der Waals surface area contributed by atoms with Crippen LogP contribution in [-0.2, 0) is 0 Å². The van der Waals surface area contributed by atoms with Gasteiger partial charge in [-0.25, -0.2) is 14.1 Å². The first kappa shape index (κ1) is 26.3. The van der Waals surface area contributed by atoms with Crippen molar-refractivity contribution >= 4 is 23.2 Å². The molecule has 37 heavy (non-hydrogen) atoms. The molecule has 1 aromatic heterocycles. The molecule has 0 fully saturated rings. The first-order chi connectivity index (χ1) is 17.7. The van der Waals surface area contributed by atoms with E-state index >= 15 is 0 Å². The van der Waals surface area contributed by atoms with Crippen molar-refractivity contribution in [2.45, 2.75) is 6.92 Å². The molecule has 4 aromatic carbocycles. The molecule has 0 aliphatic heterocycles. The fourth-order valence-corrected chi connectivity index (χ4v) is 4.60. The largest absolute Gasteiger partial charge is 1.00 e. The van der Waals surface area contributed by atoms with Crippen molar-refractivity contribution in [3.8, 4) is 28.1 Å². The smallest absolute Gasteiger partial charge is 0.211 e. The summed E-state index contributed by atoms with van der Waals surface area (Å²) in [5.41, 5.74) is 5.35. The quantitative estimate of drug-likeness (QED) is 0.264. The van der Waals surface area contributed by atoms with Crippen molar-refractivity contribution in [2.75, 3.05) is 6.61 Å². The van der Waals surface area contributed by atoms with Crippen molar-refractivity contribution < 1.29 is 26.1 Å². The van der Waals surface area contributed by atoms with Crippen LogP contribution >= 0.6 is 11.3 Å². The molecule has 5 aromatic rings. The highest BCUT2D eigenvalue weighted by molar-refractivity contribution is 7.07. The number of benzene rings is 4. The first-order valence-electron chi connectivity index (χ1n) is 11.6. The van der Waals surface area contributed by atoms with Gasteiger partial charge >= 0.3 is 0 Å². The van der Waals surface area contributed by atoms with Gasteiger partial charge in [0.15, 0.2) is 0 Å². The number of thiazole rings is 1. The standard InChI is InChI=1S/C30H24FN3OS.BrH/c1-2-35-27-18-16-26(17-19-27)33-30-34(32-20-25-10-6-7-11-28(25)31)29(21-36-30)24-14-12-23(13-15-24)22-8-4-3-5-9-22;/h3-21H,2H2,1H3;1H/p-1/b32-20+,33-30?;. The van der Waals surface area contributed by atoms with Gasteiger partial charge in [0.2, 0.25) is 4.80 Å². The zero-order chi connectivity index (χ0) is 24.7. The Balaban J connectivity index is 0.00000320. The lowest BCUT2D eigenvalue weighted by molar-refractivity contribution is -0.00000816. The summed E-state index contributed by atoms with van der Waals surface area (Å²) in [4.78, 5) is 5.48. The van der Waals surface area contributed by atoms with E-state index < -0.39 is 0 Å². The molecule has 5 rings (SSSR count). The lowest BCUT2D eigenvalue weighted by Gasteiger charge is -2.06. The summed E-state index contributed by atoms with van der Waals surface area (Å²) in [6, 6.07) is 32.8. The molecule has 0 amide bonds. The molecule has 0 atom stereocenters. The van der Waals surface area contributed by atoms with Crippen molar-refractivity contribution in [3.05, 3.63) is 125 Å². The van der Waals surface area contributed by atoms with Gasteiger partial charge in [-0.2, -0.15) is 5.10 Å². The van der Waals surface area contributed by atoms with Gasteiger partial charge in [-0.05, 0) is 48.4 Å². The molecule has 0 radical (unpaired) electrons. The zero-order valence-electron chi connectivity index (χ0n) is 20.1. The minimum atomic E-state index is -0.323. The maximum absolute atomic E-state index is 14.3. The molecule has 0 saturated carbocycles. The minimum absolute atomic E-state index is 0. The highest BCUT2D eigenvalue weighted by Gasteiger charge is 2.09. The Morgan fingerprint density at radius 1 is 0.811 bits per heavy atom. The third kappa shape index (κ3) is 6.31. The molecule has 1 heterocycles. The number of hydrogen-bond acceptors (Lipinski definition) is 4. The second kappa shape index (κ2) is 12.4. The van der Waals surface area contributed by atoms with Crippen molar-refractivity contribution in [1.82, 2.24) is 4.68 Å². The summed E-state index contributed by atoms with van der Waals surface area (Å²) in [6.07, 6.45) is 1.53. The SMILES string of the molecule is CCOc1ccc(N=c2scc(-c3ccc(-c4ccccc4)cc3)n2/N=C/c2ccccc2F)cc1.[Br-]. The van der Waals surface area contributed by atoms with Crippen molar-refractivity contribution in [1.29, 1.82) is 0 Å². The molecule has 186 valence electrons. The Kier molecular flexibility index (Phi) is 8.82. The average Bonchev–Trinajstić information content (AvgIpc) is 3.32. The van der Waals surface area contributed by atoms with Gasteiger partial charge in [-0.15, -0.1) is 11.3 Å². The second-order valence-corrected chi connectivity index (χ2v) is 8.80. The predicted octanol–water partition coefficient (Wildman–Crippen LogP) is 4.54. The van der Waals surface area contributed by atoms with Crippen LogP contribution in [0.15, 0.2) is 119 Å². The van der Waals surface area contributed by atoms with Gasteiger partial charge in [0, 0.05) is 16.5 Å². The molecule has 4 nitrogen and oxygen atoms in total. The van der Waals surface area contributed by atoms with Crippen LogP contribution in [0.4, 0.5) is 10.1 Å². The third-order valence-corrected chi connectivity index (χ3v) is 6.38. The van der Waals surface area contributed by atoms with E-state index in [1.807, 2.05) is 54.8 Å². The number of ether oxygens (including phenoxy) is 1. The topological polar surface area (TPSA) is 38.9 Å². The molecule has 0 unspecified atom stereocenters. The molecular weight excluding hydrogens is 549 g/mol. The fraction of sp³-hybridized carbons (Fsp3) is 0.0667. The van der Waals surface area contributed by atoms with E-state index in [0.717, 1.165) is 33.8 Å². The van der Waals surface area contributed by atoms with E-state index in [2.05, 4.69) is 41.5 Å². The Bertz CT molecular complexity index is 1540. The minimum Gasteiger partial charge on any atom is -1.00 e. The van der Waals surface area contributed by atoms with E-state index in [1.165, 1.54) is 23.6 Å².